The molecule has 5 heterocycles. The first-order chi connectivity index (χ1) is 11.3. The van der Waals surface area contributed by atoms with Crippen LogP contribution in [0, 0.1) is 10.8 Å². The highest BCUT2D eigenvalue weighted by Gasteiger charge is 2.69. The third-order valence-electron chi connectivity index (χ3n) is 7.56. The molecule has 0 atom stereocenters. The van der Waals surface area contributed by atoms with E-state index in [1.165, 1.54) is 12.8 Å². The highest BCUT2D eigenvalue weighted by molar-refractivity contribution is 5.20. The molecule has 0 amide bonds. The molecule has 138 valence electrons. The topological polar surface area (TPSA) is 35.9 Å². The fourth-order valence-electron chi connectivity index (χ4n) is 6.95. The molecule has 0 unspecified atom stereocenters. The van der Waals surface area contributed by atoms with Gasteiger partial charge in [-0.3, -0.25) is 9.80 Å². The minimum atomic E-state index is -0.123. The molecular weight excluding hydrogens is 300 g/mol. The van der Waals surface area contributed by atoms with Gasteiger partial charge in [0.2, 0.25) is 0 Å². The molecule has 0 aromatic rings. The Kier molecular flexibility index (Phi) is 3.90. The number of piperidine rings is 2. The lowest BCUT2D eigenvalue weighted by Gasteiger charge is -2.75. The third-order valence-corrected chi connectivity index (χ3v) is 7.56. The van der Waals surface area contributed by atoms with E-state index >= 15 is 0 Å². The zero-order valence-corrected chi connectivity index (χ0v) is 16.1. The summed E-state index contributed by atoms with van der Waals surface area (Å²) in [4.78, 5) is 5.56. The molecule has 0 saturated carbocycles. The van der Waals surface area contributed by atoms with Crippen molar-refractivity contribution in [2.24, 2.45) is 10.8 Å². The number of hydrogen-bond acceptors (Lipinski definition) is 4. The fourth-order valence-corrected chi connectivity index (χ4v) is 6.95. The number of ether oxygens (including phenoxy) is 1. The second-order valence-corrected chi connectivity index (χ2v) is 9.86. The first-order valence-electron chi connectivity index (χ1n) is 10.1. The van der Waals surface area contributed by atoms with E-state index in [9.17, 15) is 5.11 Å². The highest BCUT2D eigenvalue weighted by Crippen LogP contribution is 2.60. The van der Waals surface area contributed by atoms with Crippen LogP contribution in [0.2, 0.25) is 0 Å². The minimum absolute atomic E-state index is 0.0396. The summed E-state index contributed by atoms with van der Waals surface area (Å²) in [5.41, 5.74) is 0.320. The van der Waals surface area contributed by atoms with E-state index in [4.69, 9.17) is 4.74 Å². The van der Waals surface area contributed by atoms with Gasteiger partial charge in [0, 0.05) is 49.9 Å². The van der Waals surface area contributed by atoms with Gasteiger partial charge in [0.05, 0.1) is 24.0 Å². The Morgan fingerprint density at radius 1 is 0.958 bits per heavy atom. The van der Waals surface area contributed by atoms with Crippen LogP contribution in [-0.4, -0.2) is 65.1 Å². The van der Waals surface area contributed by atoms with Crippen LogP contribution >= 0.6 is 0 Å². The van der Waals surface area contributed by atoms with Crippen molar-refractivity contribution in [3.63, 3.8) is 0 Å². The predicted octanol–water partition coefficient (Wildman–Crippen LogP) is 2.85. The molecule has 0 aliphatic carbocycles. The van der Waals surface area contributed by atoms with E-state index in [-0.39, 0.29) is 28.2 Å². The van der Waals surface area contributed by atoms with Gasteiger partial charge in [-0.2, -0.15) is 0 Å². The maximum atomic E-state index is 11.4. The number of nitrogens with zero attached hydrogens (tertiary/aromatic N) is 2. The largest absolute Gasteiger partial charge is 0.392 e. The quantitative estimate of drug-likeness (QED) is 0.856. The SMILES string of the molecule is CCCC12CN3CC(CCC)(CN(C1)C31CCOC(C)(C)C1)C2O. The van der Waals surface area contributed by atoms with Gasteiger partial charge in [0.25, 0.3) is 0 Å². The molecule has 4 heteroatoms. The molecule has 5 fully saturated rings. The van der Waals surface area contributed by atoms with Crippen molar-refractivity contribution in [3.8, 4) is 0 Å². The fraction of sp³-hybridized carbons (Fsp3) is 1.00. The smallest absolute Gasteiger partial charge is 0.0788 e. The molecule has 0 aromatic heterocycles. The van der Waals surface area contributed by atoms with Gasteiger partial charge < -0.3 is 9.84 Å². The summed E-state index contributed by atoms with van der Waals surface area (Å²) in [6.45, 7) is 14.2. The van der Waals surface area contributed by atoms with Crippen molar-refractivity contribution < 1.29 is 9.84 Å². The second kappa shape index (κ2) is 5.42. The highest BCUT2D eigenvalue weighted by atomic mass is 16.5. The molecule has 5 aliphatic heterocycles. The van der Waals surface area contributed by atoms with E-state index in [1.807, 2.05) is 0 Å². The van der Waals surface area contributed by atoms with Crippen molar-refractivity contribution in [2.75, 3.05) is 32.8 Å². The Hall–Kier alpha value is -0.160. The molecule has 1 spiro atoms. The van der Waals surface area contributed by atoms with Crippen molar-refractivity contribution in [2.45, 2.75) is 83.6 Å². The molecule has 5 saturated heterocycles. The van der Waals surface area contributed by atoms with Crippen LogP contribution in [0.1, 0.15) is 66.2 Å². The number of aliphatic hydroxyl groups excluding tert-OH is 1. The van der Waals surface area contributed by atoms with Gasteiger partial charge in [-0.05, 0) is 26.7 Å². The maximum absolute atomic E-state index is 11.4. The molecule has 1 N–H and O–H groups in total. The second-order valence-electron chi connectivity index (χ2n) is 9.86. The number of hydrogen-bond donors (Lipinski definition) is 1. The monoisotopic (exact) mass is 336 g/mol. The van der Waals surface area contributed by atoms with Gasteiger partial charge in [-0.15, -0.1) is 0 Å². The first-order valence-corrected chi connectivity index (χ1v) is 10.1. The van der Waals surface area contributed by atoms with Gasteiger partial charge in [-0.25, -0.2) is 0 Å². The summed E-state index contributed by atoms with van der Waals surface area (Å²) in [6, 6.07) is 0. The molecule has 0 radical (unpaired) electrons. The molecule has 0 aromatic carbocycles. The van der Waals surface area contributed by atoms with Gasteiger partial charge in [-0.1, -0.05) is 26.7 Å². The number of rotatable bonds is 4. The van der Waals surface area contributed by atoms with Crippen LogP contribution in [0.25, 0.3) is 0 Å². The zero-order valence-electron chi connectivity index (χ0n) is 16.1. The standard InChI is InChI=1S/C20H36N2O2/c1-5-7-18-12-21-14-19(8-6-2,16(18)23)15-22(13-18)20(21)9-10-24-17(3,4)11-20/h16,23H,5-15H2,1-4H3. The van der Waals surface area contributed by atoms with Crippen molar-refractivity contribution in [1.82, 2.24) is 9.80 Å². The van der Waals surface area contributed by atoms with Crippen LogP contribution in [0.4, 0.5) is 0 Å². The lowest BCUT2D eigenvalue weighted by molar-refractivity contribution is -0.322. The Balaban J connectivity index is 1.72. The van der Waals surface area contributed by atoms with E-state index in [0.717, 1.165) is 58.5 Å². The molecular formula is C20H36N2O2. The zero-order chi connectivity index (χ0) is 17.2. The van der Waals surface area contributed by atoms with Crippen LogP contribution in [0.3, 0.4) is 0 Å². The summed E-state index contributed by atoms with van der Waals surface area (Å²) in [7, 11) is 0. The normalized spacial score (nSPS) is 52.1. The van der Waals surface area contributed by atoms with Crippen LogP contribution in [0.15, 0.2) is 0 Å². The van der Waals surface area contributed by atoms with Crippen LogP contribution in [-0.2, 0) is 4.74 Å². The van der Waals surface area contributed by atoms with Crippen molar-refractivity contribution in [1.29, 1.82) is 0 Å². The van der Waals surface area contributed by atoms with Crippen molar-refractivity contribution in [3.05, 3.63) is 0 Å². The van der Waals surface area contributed by atoms with Gasteiger partial charge in [0.15, 0.2) is 0 Å². The van der Waals surface area contributed by atoms with Crippen molar-refractivity contribution >= 4 is 0 Å². The maximum Gasteiger partial charge on any atom is 0.0788 e. The first kappa shape index (κ1) is 17.3. The Labute approximate surface area is 147 Å². The molecule has 5 aliphatic rings. The van der Waals surface area contributed by atoms with Gasteiger partial charge in [0.1, 0.15) is 0 Å². The predicted molar refractivity (Wildman–Crippen MR) is 95.8 cm³/mol. The summed E-state index contributed by atoms with van der Waals surface area (Å²) < 4.78 is 6.06. The molecule has 4 bridgehead atoms. The molecule has 4 nitrogen and oxygen atoms in total. The van der Waals surface area contributed by atoms with Crippen LogP contribution in [0.5, 0.6) is 0 Å². The van der Waals surface area contributed by atoms with Crippen LogP contribution < -0.4 is 0 Å². The lowest BCUT2D eigenvalue weighted by Crippen LogP contribution is -2.86. The summed E-state index contributed by atoms with van der Waals surface area (Å²) in [5.74, 6) is 0. The average molecular weight is 337 g/mol. The Bertz CT molecular complexity index is 462. The van der Waals surface area contributed by atoms with E-state index in [0.29, 0.717) is 0 Å². The average Bonchev–Trinajstić information content (AvgIpc) is 2.48. The van der Waals surface area contributed by atoms with Gasteiger partial charge >= 0.3 is 0 Å². The lowest BCUT2D eigenvalue weighted by atomic mass is 9.54. The van der Waals surface area contributed by atoms with E-state index in [1.54, 1.807) is 0 Å². The van der Waals surface area contributed by atoms with E-state index in [2.05, 4.69) is 37.5 Å². The third kappa shape index (κ3) is 2.19. The minimum Gasteiger partial charge on any atom is -0.392 e. The Morgan fingerprint density at radius 3 is 1.88 bits per heavy atom. The summed E-state index contributed by atoms with van der Waals surface area (Å²) in [6.07, 6.45) is 6.75. The Morgan fingerprint density at radius 2 is 1.46 bits per heavy atom. The molecule has 5 rings (SSSR count). The molecule has 24 heavy (non-hydrogen) atoms. The van der Waals surface area contributed by atoms with E-state index < -0.39 is 0 Å². The summed E-state index contributed by atoms with van der Waals surface area (Å²) >= 11 is 0. The summed E-state index contributed by atoms with van der Waals surface area (Å²) in [5, 5.41) is 11.4. The number of aliphatic hydroxyl groups is 1.